The van der Waals surface area contributed by atoms with E-state index in [1.165, 1.54) is 87.2 Å². The Morgan fingerprint density at radius 3 is 1.36 bits per heavy atom. The number of hydrogen-bond acceptors (Lipinski definition) is 0. The lowest BCUT2D eigenvalue weighted by Crippen LogP contribution is -1.92. The lowest BCUT2D eigenvalue weighted by Gasteiger charge is -2.20. The van der Waals surface area contributed by atoms with E-state index in [1.807, 2.05) is 0 Å². The Morgan fingerprint density at radius 2 is 0.682 bits per heavy atom. The van der Waals surface area contributed by atoms with Crippen molar-refractivity contribution in [3.05, 3.63) is 170 Å². The second kappa shape index (κ2) is 9.93. The fourth-order valence-corrected chi connectivity index (χ4v) is 7.29. The summed E-state index contributed by atoms with van der Waals surface area (Å²) in [7, 11) is 0. The summed E-state index contributed by atoms with van der Waals surface area (Å²) in [5.74, 6) is 0. The summed E-state index contributed by atoms with van der Waals surface area (Å²) >= 11 is 0. The summed E-state index contributed by atoms with van der Waals surface area (Å²) in [4.78, 5) is 0. The zero-order chi connectivity index (χ0) is 29.0. The van der Waals surface area contributed by atoms with Gasteiger partial charge in [0.15, 0.2) is 0 Å². The highest BCUT2D eigenvalue weighted by molar-refractivity contribution is 6.24. The lowest BCUT2D eigenvalue weighted by molar-refractivity contribution is 1.66. The summed E-state index contributed by atoms with van der Waals surface area (Å²) in [5, 5.41) is 12.7. The molecule has 204 valence electrons. The Morgan fingerprint density at radius 1 is 0.227 bits per heavy atom. The van der Waals surface area contributed by atoms with Gasteiger partial charge in [0.2, 0.25) is 0 Å². The highest BCUT2D eigenvalue weighted by Gasteiger charge is 2.19. The van der Waals surface area contributed by atoms with Crippen molar-refractivity contribution in [1.29, 1.82) is 0 Å². The predicted octanol–water partition coefficient (Wildman–Crippen LogP) is 12.5. The van der Waals surface area contributed by atoms with Crippen LogP contribution in [-0.2, 0) is 0 Å². The molecule has 0 N–H and O–H groups in total. The largest absolute Gasteiger partial charge is 0.0616 e. The molecule has 44 heavy (non-hydrogen) atoms. The van der Waals surface area contributed by atoms with Crippen LogP contribution in [0.3, 0.4) is 0 Å². The van der Waals surface area contributed by atoms with E-state index < -0.39 is 0 Å². The van der Waals surface area contributed by atoms with Crippen LogP contribution < -0.4 is 0 Å². The van der Waals surface area contributed by atoms with Gasteiger partial charge in [-0.25, -0.2) is 0 Å². The number of fused-ring (bicyclic) bond motifs is 5. The summed E-state index contributed by atoms with van der Waals surface area (Å²) in [6, 6.07) is 62.3. The molecule has 0 aromatic heterocycles. The maximum absolute atomic E-state index is 2.35. The van der Waals surface area contributed by atoms with Gasteiger partial charge in [-0.05, 0) is 93.3 Å². The van der Waals surface area contributed by atoms with Crippen molar-refractivity contribution in [2.75, 3.05) is 0 Å². The van der Waals surface area contributed by atoms with Crippen LogP contribution >= 0.6 is 0 Å². The van der Waals surface area contributed by atoms with Crippen LogP contribution in [0.15, 0.2) is 170 Å². The SMILES string of the molecule is c1ccc2cc(-c3c4ccccc4c(-c4ccc(-c5cccc6ccccc56)c5ccccc45)c4ccccc34)ccc2c1. The van der Waals surface area contributed by atoms with Gasteiger partial charge in [0.05, 0.1) is 0 Å². The molecular formula is C44H28. The molecule has 0 aliphatic carbocycles. The highest BCUT2D eigenvalue weighted by atomic mass is 14.2. The molecule has 0 heterocycles. The van der Waals surface area contributed by atoms with Gasteiger partial charge in [0.25, 0.3) is 0 Å². The summed E-state index contributed by atoms with van der Waals surface area (Å²) in [5.41, 5.74) is 7.64. The Kier molecular flexibility index (Phi) is 5.61. The summed E-state index contributed by atoms with van der Waals surface area (Å²) in [6.07, 6.45) is 0. The molecule has 0 radical (unpaired) electrons. The molecular weight excluding hydrogens is 528 g/mol. The first-order valence-electron chi connectivity index (χ1n) is 15.3. The third kappa shape index (κ3) is 3.78. The maximum Gasteiger partial charge on any atom is -0.00201 e. The maximum atomic E-state index is 2.35. The van der Waals surface area contributed by atoms with Crippen molar-refractivity contribution in [3.63, 3.8) is 0 Å². The Bertz CT molecular complexity index is 2490. The van der Waals surface area contributed by atoms with Crippen LogP contribution in [0, 0.1) is 0 Å². The monoisotopic (exact) mass is 556 g/mol. The minimum absolute atomic E-state index is 1.25. The van der Waals surface area contributed by atoms with Crippen molar-refractivity contribution in [2.45, 2.75) is 0 Å². The van der Waals surface area contributed by atoms with Gasteiger partial charge in [-0.1, -0.05) is 164 Å². The molecule has 9 aromatic rings. The van der Waals surface area contributed by atoms with Crippen molar-refractivity contribution in [2.24, 2.45) is 0 Å². The van der Waals surface area contributed by atoms with Crippen molar-refractivity contribution in [3.8, 4) is 33.4 Å². The molecule has 0 aliphatic heterocycles. The fraction of sp³-hybridized carbons (Fsp3) is 0. The topological polar surface area (TPSA) is 0 Å². The van der Waals surface area contributed by atoms with E-state index in [9.17, 15) is 0 Å². The molecule has 0 bridgehead atoms. The quantitative estimate of drug-likeness (QED) is 0.190. The zero-order valence-electron chi connectivity index (χ0n) is 24.2. The molecule has 0 heteroatoms. The van der Waals surface area contributed by atoms with Crippen LogP contribution in [0.1, 0.15) is 0 Å². The number of hydrogen-bond donors (Lipinski definition) is 0. The molecule has 0 unspecified atom stereocenters. The van der Waals surface area contributed by atoms with Crippen molar-refractivity contribution in [1.82, 2.24) is 0 Å². The van der Waals surface area contributed by atoms with E-state index in [4.69, 9.17) is 0 Å². The van der Waals surface area contributed by atoms with E-state index in [2.05, 4.69) is 170 Å². The molecule has 0 saturated carbocycles. The van der Waals surface area contributed by atoms with E-state index in [1.54, 1.807) is 0 Å². The summed E-state index contributed by atoms with van der Waals surface area (Å²) in [6.45, 7) is 0. The van der Waals surface area contributed by atoms with Crippen molar-refractivity contribution >= 4 is 53.9 Å². The van der Waals surface area contributed by atoms with Gasteiger partial charge in [-0.2, -0.15) is 0 Å². The summed E-state index contributed by atoms with van der Waals surface area (Å²) < 4.78 is 0. The predicted molar refractivity (Wildman–Crippen MR) is 190 cm³/mol. The second-order valence-corrected chi connectivity index (χ2v) is 11.6. The van der Waals surface area contributed by atoms with Crippen LogP contribution in [-0.4, -0.2) is 0 Å². The molecule has 9 rings (SSSR count). The van der Waals surface area contributed by atoms with E-state index in [0.29, 0.717) is 0 Å². The smallest absolute Gasteiger partial charge is 0.00201 e. The first-order valence-corrected chi connectivity index (χ1v) is 15.3. The molecule has 9 aromatic carbocycles. The van der Waals surface area contributed by atoms with Gasteiger partial charge in [-0.15, -0.1) is 0 Å². The molecule has 0 amide bonds. The van der Waals surface area contributed by atoms with Gasteiger partial charge in [-0.3, -0.25) is 0 Å². The van der Waals surface area contributed by atoms with E-state index in [0.717, 1.165) is 0 Å². The number of rotatable bonds is 3. The van der Waals surface area contributed by atoms with Crippen LogP contribution in [0.5, 0.6) is 0 Å². The Hall–Kier alpha value is -5.72. The van der Waals surface area contributed by atoms with Crippen molar-refractivity contribution < 1.29 is 0 Å². The molecule has 0 aliphatic rings. The third-order valence-electron chi connectivity index (χ3n) is 9.24. The minimum atomic E-state index is 1.25. The average Bonchev–Trinajstić information content (AvgIpc) is 3.10. The first-order chi connectivity index (χ1) is 21.8. The minimum Gasteiger partial charge on any atom is -0.0616 e. The highest BCUT2D eigenvalue weighted by Crippen LogP contribution is 2.47. The molecule has 0 saturated heterocycles. The van der Waals surface area contributed by atoms with Gasteiger partial charge in [0, 0.05) is 0 Å². The molecule has 0 fully saturated rings. The van der Waals surface area contributed by atoms with E-state index >= 15 is 0 Å². The molecule has 0 nitrogen and oxygen atoms in total. The lowest BCUT2D eigenvalue weighted by atomic mass is 9.83. The fourth-order valence-electron chi connectivity index (χ4n) is 7.29. The number of benzene rings is 9. The third-order valence-corrected chi connectivity index (χ3v) is 9.24. The van der Waals surface area contributed by atoms with Crippen LogP contribution in [0.2, 0.25) is 0 Å². The van der Waals surface area contributed by atoms with Crippen LogP contribution in [0.25, 0.3) is 87.2 Å². The molecule has 0 atom stereocenters. The molecule has 0 spiro atoms. The van der Waals surface area contributed by atoms with Crippen LogP contribution in [0.4, 0.5) is 0 Å². The van der Waals surface area contributed by atoms with Gasteiger partial charge < -0.3 is 0 Å². The zero-order valence-corrected chi connectivity index (χ0v) is 24.2. The average molecular weight is 557 g/mol. The standard InChI is InChI=1S/C44H28/c1-2-14-31-28-32(25-24-29(31)12-1)43-38-19-7-9-21-40(38)44(41-22-10-8-20-39(41)43)42-27-26-37(35-17-5-6-18-36(35)42)34-23-11-15-30-13-3-4-16-33(30)34/h1-28H. The Labute approximate surface area is 256 Å². The van der Waals surface area contributed by atoms with Gasteiger partial charge in [0.1, 0.15) is 0 Å². The van der Waals surface area contributed by atoms with Gasteiger partial charge >= 0.3 is 0 Å². The Balaban J connectivity index is 1.37. The first kappa shape index (κ1) is 24.8. The van der Waals surface area contributed by atoms with E-state index in [-0.39, 0.29) is 0 Å². The second-order valence-electron chi connectivity index (χ2n) is 11.6. The normalized spacial score (nSPS) is 11.6.